The highest BCUT2D eigenvalue weighted by Crippen LogP contribution is 2.31. The SMILES string of the molecule is COC(=O)CNC(=O)Cn1c(=O)n(C2CC3CCCC(C2)N3)c(=O)c2ccccc21. The fraction of sp³-hybridized carbons (Fsp3) is 0.524. The third-order valence-electron chi connectivity index (χ3n) is 6.10. The summed E-state index contributed by atoms with van der Waals surface area (Å²) in [4.78, 5) is 50.3. The van der Waals surface area contributed by atoms with Gasteiger partial charge in [0.25, 0.3) is 5.56 Å². The molecule has 2 bridgehead atoms. The Labute approximate surface area is 173 Å². The number of ether oxygens (including phenoxy) is 1. The van der Waals surface area contributed by atoms with Crippen LogP contribution in [0.25, 0.3) is 10.9 Å². The summed E-state index contributed by atoms with van der Waals surface area (Å²) in [5.41, 5.74) is -0.394. The minimum absolute atomic E-state index is 0.199. The lowest BCUT2D eigenvalue weighted by Crippen LogP contribution is -2.53. The topological polar surface area (TPSA) is 111 Å². The zero-order valence-corrected chi connectivity index (χ0v) is 16.9. The number of hydrogen-bond acceptors (Lipinski definition) is 6. The van der Waals surface area contributed by atoms with Crippen LogP contribution in [0, 0.1) is 0 Å². The first-order valence-corrected chi connectivity index (χ1v) is 10.3. The van der Waals surface area contributed by atoms with Crippen LogP contribution in [0.15, 0.2) is 33.9 Å². The third-order valence-corrected chi connectivity index (χ3v) is 6.10. The van der Waals surface area contributed by atoms with Crippen LogP contribution in [-0.4, -0.2) is 46.7 Å². The number of rotatable bonds is 5. The van der Waals surface area contributed by atoms with Gasteiger partial charge in [0, 0.05) is 18.1 Å². The number of esters is 1. The number of fused-ring (bicyclic) bond motifs is 3. The Morgan fingerprint density at radius 1 is 1.17 bits per heavy atom. The highest BCUT2D eigenvalue weighted by Gasteiger charge is 2.34. The molecule has 2 fully saturated rings. The molecule has 30 heavy (non-hydrogen) atoms. The Bertz CT molecular complexity index is 1080. The Balaban J connectivity index is 1.73. The van der Waals surface area contributed by atoms with Gasteiger partial charge in [-0.1, -0.05) is 18.6 Å². The molecule has 1 aromatic heterocycles. The molecule has 0 spiro atoms. The van der Waals surface area contributed by atoms with E-state index < -0.39 is 17.6 Å². The summed E-state index contributed by atoms with van der Waals surface area (Å²) in [7, 11) is 1.23. The maximum atomic E-state index is 13.4. The van der Waals surface area contributed by atoms with E-state index >= 15 is 0 Å². The molecule has 2 aromatic rings. The average Bonchev–Trinajstić information content (AvgIpc) is 2.75. The van der Waals surface area contributed by atoms with Gasteiger partial charge in [-0.25, -0.2) is 4.79 Å². The van der Waals surface area contributed by atoms with Crippen molar-refractivity contribution >= 4 is 22.8 Å². The van der Waals surface area contributed by atoms with Crippen molar-refractivity contribution in [2.75, 3.05) is 13.7 Å². The fourth-order valence-electron chi connectivity index (χ4n) is 4.70. The molecule has 160 valence electrons. The van der Waals surface area contributed by atoms with Gasteiger partial charge >= 0.3 is 11.7 Å². The third kappa shape index (κ3) is 3.89. The van der Waals surface area contributed by atoms with Gasteiger partial charge in [-0.2, -0.15) is 0 Å². The fourth-order valence-corrected chi connectivity index (χ4v) is 4.70. The Hall–Kier alpha value is -2.94. The molecule has 0 aliphatic carbocycles. The number of carbonyl (C=O) groups excluding carboxylic acids is 2. The lowest BCUT2D eigenvalue weighted by atomic mass is 9.84. The molecule has 2 saturated heterocycles. The first kappa shape index (κ1) is 20.3. The zero-order chi connectivity index (χ0) is 21.3. The Morgan fingerprint density at radius 2 is 1.87 bits per heavy atom. The number of aromatic nitrogens is 2. The number of nitrogens with zero attached hydrogens (tertiary/aromatic N) is 2. The average molecular weight is 414 g/mol. The molecular weight excluding hydrogens is 388 g/mol. The second-order valence-corrected chi connectivity index (χ2v) is 8.03. The van der Waals surface area contributed by atoms with E-state index in [1.807, 2.05) is 0 Å². The van der Waals surface area contributed by atoms with Gasteiger partial charge in [-0.05, 0) is 37.8 Å². The number of amides is 1. The number of methoxy groups -OCH3 is 1. The number of piperidine rings is 2. The first-order valence-electron chi connectivity index (χ1n) is 10.3. The van der Waals surface area contributed by atoms with Crippen LogP contribution in [0.4, 0.5) is 0 Å². The molecule has 2 unspecified atom stereocenters. The highest BCUT2D eigenvalue weighted by atomic mass is 16.5. The lowest BCUT2D eigenvalue weighted by molar-refractivity contribution is -0.141. The van der Waals surface area contributed by atoms with Crippen molar-refractivity contribution in [2.24, 2.45) is 0 Å². The van der Waals surface area contributed by atoms with Crippen molar-refractivity contribution in [2.45, 2.75) is 56.8 Å². The normalized spacial score (nSPS) is 23.2. The van der Waals surface area contributed by atoms with E-state index in [1.165, 1.54) is 16.2 Å². The predicted octanol–water partition coefficient (Wildman–Crippen LogP) is 0.298. The van der Waals surface area contributed by atoms with Gasteiger partial charge in [-0.15, -0.1) is 0 Å². The molecule has 9 nitrogen and oxygen atoms in total. The predicted molar refractivity (Wildman–Crippen MR) is 110 cm³/mol. The van der Waals surface area contributed by atoms with Crippen molar-refractivity contribution in [3.63, 3.8) is 0 Å². The van der Waals surface area contributed by atoms with E-state index in [2.05, 4.69) is 15.4 Å². The molecule has 1 aromatic carbocycles. The number of hydrogen-bond donors (Lipinski definition) is 2. The smallest absolute Gasteiger partial charge is 0.332 e. The lowest BCUT2D eigenvalue weighted by Gasteiger charge is -2.40. The second-order valence-electron chi connectivity index (χ2n) is 8.03. The first-order chi connectivity index (χ1) is 14.5. The van der Waals surface area contributed by atoms with Crippen LogP contribution in [0.3, 0.4) is 0 Å². The van der Waals surface area contributed by atoms with Gasteiger partial charge in [0.2, 0.25) is 5.91 Å². The van der Waals surface area contributed by atoms with E-state index in [9.17, 15) is 19.2 Å². The van der Waals surface area contributed by atoms with Crippen LogP contribution in [0.5, 0.6) is 0 Å². The van der Waals surface area contributed by atoms with E-state index in [-0.39, 0.29) is 24.7 Å². The second kappa shape index (κ2) is 8.43. The van der Waals surface area contributed by atoms with Crippen LogP contribution < -0.4 is 21.9 Å². The van der Waals surface area contributed by atoms with Crippen molar-refractivity contribution in [3.05, 3.63) is 45.1 Å². The minimum Gasteiger partial charge on any atom is -0.468 e. The number of benzene rings is 1. The summed E-state index contributed by atoms with van der Waals surface area (Å²) in [6.45, 7) is -0.562. The van der Waals surface area contributed by atoms with Gasteiger partial charge in [-0.3, -0.25) is 23.5 Å². The van der Waals surface area contributed by atoms with Crippen molar-refractivity contribution in [1.29, 1.82) is 0 Å². The van der Waals surface area contributed by atoms with Crippen molar-refractivity contribution < 1.29 is 14.3 Å². The van der Waals surface area contributed by atoms with Crippen molar-refractivity contribution in [1.82, 2.24) is 19.8 Å². The summed E-state index contributed by atoms with van der Waals surface area (Å²) >= 11 is 0. The van der Waals surface area contributed by atoms with Crippen molar-refractivity contribution in [3.8, 4) is 0 Å². The zero-order valence-electron chi connectivity index (χ0n) is 16.9. The maximum Gasteiger partial charge on any atom is 0.332 e. The number of para-hydroxylation sites is 1. The van der Waals surface area contributed by atoms with Gasteiger partial charge in [0.05, 0.1) is 18.0 Å². The molecule has 0 saturated carbocycles. The summed E-state index contributed by atoms with van der Waals surface area (Å²) < 4.78 is 7.18. The number of nitrogens with one attached hydrogen (secondary N) is 2. The summed E-state index contributed by atoms with van der Waals surface area (Å²) in [6.07, 6.45) is 4.68. The van der Waals surface area contributed by atoms with E-state index in [4.69, 9.17) is 0 Å². The molecule has 1 amide bonds. The number of carbonyl (C=O) groups is 2. The van der Waals surface area contributed by atoms with Crippen LogP contribution in [-0.2, 0) is 20.9 Å². The molecule has 0 radical (unpaired) electrons. The van der Waals surface area contributed by atoms with Crippen LogP contribution >= 0.6 is 0 Å². The molecule has 2 N–H and O–H groups in total. The largest absolute Gasteiger partial charge is 0.468 e. The van der Waals surface area contributed by atoms with Gasteiger partial charge in [0.15, 0.2) is 0 Å². The summed E-state index contributed by atoms with van der Waals surface area (Å²) in [5, 5.41) is 6.43. The maximum absolute atomic E-state index is 13.4. The van der Waals surface area contributed by atoms with Crippen LogP contribution in [0.2, 0.25) is 0 Å². The Kier molecular flexibility index (Phi) is 5.72. The molecule has 2 atom stereocenters. The van der Waals surface area contributed by atoms with E-state index in [0.717, 1.165) is 32.1 Å². The standard InChI is InChI=1S/C21H26N4O5/c1-30-19(27)11-22-18(26)12-24-17-8-3-2-7-16(17)20(28)25(21(24)29)15-9-13-5-4-6-14(10-15)23-13/h2-3,7-8,13-15,23H,4-6,9-12H2,1H3,(H,22,26). The molecule has 4 rings (SSSR count). The Morgan fingerprint density at radius 3 is 2.57 bits per heavy atom. The van der Waals surface area contributed by atoms with Crippen LogP contribution in [0.1, 0.15) is 38.1 Å². The quantitative estimate of drug-likeness (QED) is 0.681. The minimum atomic E-state index is -0.577. The highest BCUT2D eigenvalue weighted by molar-refractivity contribution is 5.84. The van der Waals surface area contributed by atoms with E-state index in [1.54, 1.807) is 24.3 Å². The van der Waals surface area contributed by atoms with Gasteiger partial charge < -0.3 is 15.4 Å². The molecule has 9 heteroatoms. The summed E-state index contributed by atoms with van der Waals surface area (Å²) in [6, 6.07) is 7.22. The molecule has 3 heterocycles. The summed E-state index contributed by atoms with van der Waals surface area (Å²) in [5.74, 6) is -1.08. The molecule has 2 aliphatic heterocycles. The monoisotopic (exact) mass is 414 g/mol. The molecule has 2 aliphatic rings. The van der Waals surface area contributed by atoms with Gasteiger partial charge in [0.1, 0.15) is 13.1 Å². The van der Waals surface area contributed by atoms with E-state index in [0.29, 0.717) is 23.0 Å². The molecular formula is C21H26N4O5.